The van der Waals surface area contributed by atoms with Crippen LogP contribution >= 0.6 is 23.1 Å². The number of benzene rings is 3. The van der Waals surface area contributed by atoms with Gasteiger partial charge in [0.1, 0.15) is 11.6 Å². The van der Waals surface area contributed by atoms with E-state index in [1.807, 2.05) is 18.2 Å². The number of hydrogen-bond donors (Lipinski definition) is 1. The number of nitrogens with one attached hydrogen (secondary N) is 1. The van der Waals surface area contributed by atoms with Crippen LogP contribution in [0.3, 0.4) is 0 Å². The minimum atomic E-state index is -0.370. The molecule has 0 saturated carbocycles. The summed E-state index contributed by atoms with van der Waals surface area (Å²) in [6.45, 7) is -0.205. The van der Waals surface area contributed by atoms with Crippen LogP contribution in [0.5, 0.6) is 5.75 Å². The molecule has 3 aromatic carbocycles. The second-order valence-electron chi connectivity index (χ2n) is 6.84. The number of thioether (sulfide) groups is 1. The van der Waals surface area contributed by atoms with Crippen LogP contribution in [0, 0.1) is 5.82 Å². The second-order valence-corrected chi connectivity index (χ2v) is 9.04. The van der Waals surface area contributed by atoms with E-state index in [4.69, 9.17) is 4.74 Å². The van der Waals surface area contributed by atoms with Gasteiger partial charge in [0.15, 0.2) is 16.7 Å². The van der Waals surface area contributed by atoms with Crippen molar-refractivity contribution in [2.45, 2.75) is 10.1 Å². The summed E-state index contributed by atoms with van der Waals surface area (Å²) < 4.78 is 19.2. The third kappa shape index (κ3) is 6.47. The van der Waals surface area contributed by atoms with Gasteiger partial charge in [-0.15, -0.1) is 10.2 Å². The number of carbonyl (C=O) groups is 2. The minimum Gasteiger partial charge on any atom is -0.484 e. The van der Waals surface area contributed by atoms with Crippen LogP contribution in [0.2, 0.25) is 0 Å². The number of amides is 1. The molecule has 6 nitrogen and oxygen atoms in total. The smallest absolute Gasteiger partial charge is 0.264 e. The van der Waals surface area contributed by atoms with E-state index in [9.17, 15) is 14.0 Å². The lowest BCUT2D eigenvalue weighted by Gasteiger charge is -2.07. The van der Waals surface area contributed by atoms with E-state index >= 15 is 0 Å². The number of carbonyl (C=O) groups excluding carboxylic acids is 2. The highest BCUT2D eigenvalue weighted by Gasteiger charge is 2.11. The van der Waals surface area contributed by atoms with E-state index in [-0.39, 0.29) is 24.1 Å². The van der Waals surface area contributed by atoms with Crippen LogP contribution in [-0.4, -0.2) is 28.5 Å². The van der Waals surface area contributed by atoms with E-state index in [1.54, 1.807) is 48.5 Å². The van der Waals surface area contributed by atoms with Crippen LogP contribution in [0.1, 0.15) is 21.5 Å². The van der Waals surface area contributed by atoms with Crippen LogP contribution in [0.4, 0.5) is 9.52 Å². The second kappa shape index (κ2) is 10.8. The molecule has 166 valence electrons. The molecule has 4 aromatic rings. The number of anilines is 1. The summed E-state index contributed by atoms with van der Waals surface area (Å²) in [4.78, 5) is 24.6. The summed E-state index contributed by atoms with van der Waals surface area (Å²) >= 11 is 2.70. The van der Waals surface area contributed by atoms with Crippen LogP contribution < -0.4 is 10.1 Å². The van der Waals surface area contributed by atoms with Gasteiger partial charge in [0, 0.05) is 16.9 Å². The largest absolute Gasteiger partial charge is 0.484 e. The molecule has 4 rings (SSSR count). The molecular weight excluding hydrogens is 461 g/mol. The van der Waals surface area contributed by atoms with Crippen molar-refractivity contribution in [3.63, 3.8) is 0 Å². The Labute approximate surface area is 197 Å². The molecule has 1 aromatic heterocycles. The normalized spacial score (nSPS) is 10.6. The molecule has 0 spiro atoms. The number of aromatic nitrogens is 2. The highest BCUT2D eigenvalue weighted by atomic mass is 32.2. The van der Waals surface area contributed by atoms with Gasteiger partial charge in [-0.1, -0.05) is 65.6 Å². The fraction of sp³-hybridized carbons (Fsp3) is 0.0833. The van der Waals surface area contributed by atoms with Gasteiger partial charge in [-0.25, -0.2) is 4.39 Å². The SMILES string of the molecule is O=C(COc1ccc(C(=O)c2ccccc2)cc1)Nc1nnc(SCc2ccc(F)cc2)s1. The molecule has 0 atom stereocenters. The third-order valence-electron chi connectivity index (χ3n) is 4.45. The molecule has 0 radical (unpaired) electrons. The molecule has 0 aliphatic rings. The highest BCUT2D eigenvalue weighted by molar-refractivity contribution is 8.00. The molecule has 0 unspecified atom stereocenters. The topological polar surface area (TPSA) is 81.2 Å². The van der Waals surface area contributed by atoms with Gasteiger partial charge >= 0.3 is 0 Å². The predicted molar refractivity (Wildman–Crippen MR) is 126 cm³/mol. The highest BCUT2D eigenvalue weighted by Crippen LogP contribution is 2.28. The third-order valence-corrected chi connectivity index (χ3v) is 6.49. The van der Waals surface area contributed by atoms with Gasteiger partial charge < -0.3 is 4.74 Å². The van der Waals surface area contributed by atoms with Crippen molar-refractivity contribution in [3.8, 4) is 5.75 Å². The first-order valence-electron chi connectivity index (χ1n) is 9.90. The van der Waals surface area contributed by atoms with Gasteiger partial charge in [0.05, 0.1) is 0 Å². The van der Waals surface area contributed by atoms with Crippen LogP contribution in [-0.2, 0) is 10.5 Å². The number of halogens is 1. The van der Waals surface area contributed by atoms with E-state index < -0.39 is 0 Å². The number of rotatable bonds is 9. The molecule has 1 N–H and O–H groups in total. The number of ether oxygens (including phenoxy) is 1. The van der Waals surface area contributed by atoms with Crippen molar-refractivity contribution in [2.75, 3.05) is 11.9 Å². The summed E-state index contributed by atoms with van der Waals surface area (Å²) in [6, 6.07) is 21.9. The zero-order valence-corrected chi connectivity index (χ0v) is 18.9. The van der Waals surface area contributed by atoms with Gasteiger partial charge in [-0.3, -0.25) is 14.9 Å². The minimum absolute atomic E-state index is 0.0794. The average Bonchev–Trinajstić information content (AvgIpc) is 3.30. The molecule has 33 heavy (non-hydrogen) atoms. The Kier molecular flexibility index (Phi) is 7.43. The van der Waals surface area contributed by atoms with Crippen molar-refractivity contribution < 1.29 is 18.7 Å². The lowest BCUT2D eigenvalue weighted by atomic mass is 10.0. The van der Waals surface area contributed by atoms with Crippen molar-refractivity contribution in [1.82, 2.24) is 10.2 Å². The Morgan fingerprint density at radius 3 is 2.33 bits per heavy atom. The molecule has 0 aliphatic carbocycles. The quantitative estimate of drug-likeness (QED) is 0.201. The van der Waals surface area contributed by atoms with Gasteiger partial charge in [-0.05, 0) is 42.0 Å². The summed E-state index contributed by atoms with van der Waals surface area (Å²) in [5, 5.41) is 11.0. The first-order valence-corrected chi connectivity index (χ1v) is 11.7. The molecule has 1 heterocycles. The fourth-order valence-corrected chi connectivity index (χ4v) is 4.53. The summed E-state index contributed by atoms with van der Waals surface area (Å²) in [6.07, 6.45) is 0. The Balaban J connectivity index is 1.24. The summed E-state index contributed by atoms with van der Waals surface area (Å²) in [5.74, 6) is 0.371. The molecule has 0 fully saturated rings. The Hall–Kier alpha value is -3.56. The molecule has 0 saturated heterocycles. The van der Waals surface area contributed by atoms with E-state index in [2.05, 4.69) is 15.5 Å². The number of hydrogen-bond acceptors (Lipinski definition) is 7. The Morgan fingerprint density at radius 2 is 1.61 bits per heavy atom. The standard InChI is InChI=1S/C24H18FN3O3S2/c25-19-10-6-16(7-11-19)15-32-24-28-27-23(33-24)26-21(29)14-31-20-12-8-18(9-13-20)22(30)17-4-2-1-3-5-17/h1-13H,14-15H2,(H,26,27,29). The average molecular weight is 480 g/mol. The zero-order chi connectivity index (χ0) is 23.0. The summed E-state index contributed by atoms with van der Waals surface area (Å²) in [5.41, 5.74) is 2.11. The van der Waals surface area contributed by atoms with Crippen molar-refractivity contribution in [1.29, 1.82) is 0 Å². The van der Waals surface area contributed by atoms with Gasteiger partial charge in [0.25, 0.3) is 5.91 Å². The van der Waals surface area contributed by atoms with Gasteiger partial charge in [0.2, 0.25) is 5.13 Å². The molecule has 0 bridgehead atoms. The van der Waals surface area contributed by atoms with Crippen LogP contribution in [0.15, 0.2) is 83.2 Å². The maximum absolute atomic E-state index is 13.0. The van der Waals surface area contributed by atoms with Gasteiger partial charge in [-0.2, -0.15) is 0 Å². The lowest BCUT2D eigenvalue weighted by Crippen LogP contribution is -2.20. The lowest BCUT2D eigenvalue weighted by molar-refractivity contribution is -0.118. The number of ketones is 1. The van der Waals surface area contributed by atoms with E-state index in [0.29, 0.717) is 32.1 Å². The molecule has 1 amide bonds. The molecular formula is C24H18FN3O3S2. The van der Waals surface area contributed by atoms with Crippen molar-refractivity contribution >= 4 is 39.9 Å². The molecule has 9 heteroatoms. The zero-order valence-electron chi connectivity index (χ0n) is 17.2. The summed E-state index contributed by atoms with van der Waals surface area (Å²) in [7, 11) is 0. The predicted octanol–water partition coefficient (Wildman–Crippen LogP) is 5.22. The molecule has 0 aliphatic heterocycles. The van der Waals surface area contributed by atoms with Crippen LogP contribution in [0.25, 0.3) is 0 Å². The first-order chi connectivity index (χ1) is 16.1. The monoisotopic (exact) mass is 479 g/mol. The van der Waals surface area contributed by atoms with E-state index in [1.165, 1.54) is 35.2 Å². The maximum atomic E-state index is 13.0. The fourth-order valence-electron chi connectivity index (χ4n) is 2.81. The Morgan fingerprint density at radius 1 is 0.909 bits per heavy atom. The first kappa shape index (κ1) is 22.6. The number of nitrogens with zero attached hydrogens (tertiary/aromatic N) is 2. The van der Waals surface area contributed by atoms with Crippen molar-refractivity contribution in [2.24, 2.45) is 0 Å². The van der Waals surface area contributed by atoms with Crippen molar-refractivity contribution in [3.05, 3.63) is 101 Å². The van der Waals surface area contributed by atoms with E-state index in [0.717, 1.165) is 5.56 Å². The Bertz CT molecular complexity index is 1230. The maximum Gasteiger partial charge on any atom is 0.264 e.